The van der Waals surface area contributed by atoms with Crippen molar-refractivity contribution >= 4 is 11.7 Å². The van der Waals surface area contributed by atoms with Gasteiger partial charge in [0.1, 0.15) is 6.04 Å². The molecule has 1 aromatic carbocycles. The van der Waals surface area contributed by atoms with Gasteiger partial charge in [0, 0.05) is 11.6 Å². The molecule has 2 N–H and O–H groups in total. The van der Waals surface area contributed by atoms with Crippen molar-refractivity contribution in [1.82, 2.24) is 15.5 Å². The Hall–Kier alpha value is -2.88. The molecule has 120 valence electrons. The number of hydrogen-bond acceptors (Lipinski definition) is 5. The van der Waals surface area contributed by atoms with Crippen LogP contribution in [0, 0.1) is 18.3 Å². The molecule has 0 saturated carbocycles. The van der Waals surface area contributed by atoms with Gasteiger partial charge in [0.25, 0.3) is 0 Å². The summed E-state index contributed by atoms with van der Waals surface area (Å²) < 4.78 is 5.50. The molecule has 0 aliphatic carbocycles. The van der Waals surface area contributed by atoms with Crippen molar-refractivity contribution < 1.29 is 9.21 Å². The smallest absolute Gasteiger partial charge is 0.319 e. The van der Waals surface area contributed by atoms with Crippen LogP contribution in [0.25, 0.3) is 0 Å². The summed E-state index contributed by atoms with van der Waals surface area (Å²) in [5, 5.41) is 22.3. The second-order valence-electron chi connectivity index (χ2n) is 5.59. The summed E-state index contributed by atoms with van der Waals surface area (Å²) in [6, 6.07) is 6.41. The van der Waals surface area contributed by atoms with Crippen LogP contribution in [0.4, 0.5) is 10.5 Å². The van der Waals surface area contributed by atoms with Crippen molar-refractivity contribution in [3.05, 3.63) is 41.1 Å². The average molecular weight is 313 g/mol. The molecule has 7 heteroatoms. The molecule has 0 bridgehead atoms. The van der Waals surface area contributed by atoms with E-state index in [0.29, 0.717) is 23.0 Å². The molecule has 1 atom stereocenters. The van der Waals surface area contributed by atoms with Gasteiger partial charge >= 0.3 is 6.03 Å². The largest absolute Gasteiger partial charge is 0.423 e. The normalized spacial score (nSPS) is 11.8. The Morgan fingerprint density at radius 3 is 2.57 bits per heavy atom. The van der Waals surface area contributed by atoms with Crippen LogP contribution in [0.2, 0.25) is 0 Å². The van der Waals surface area contributed by atoms with Crippen LogP contribution in [0.3, 0.4) is 0 Å². The number of amides is 2. The highest BCUT2D eigenvalue weighted by Crippen LogP contribution is 2.17. The Bertz CT molecular complexity index is 745. The van der Waals surface area contributed by atoms with Gasteiger partial charge < -0.3 is 15.1 Å². The standard InChI is InChI=1S/C16H19N5O2/c1-9(2)14-20-21-15(23-14)11(4)18-16(22)19-13-6-5-10(3)12(7-13)8-17/h5-7,9,11H,1-4H3,(H2,18,19,22)/t11-/m1/s1. The van der Waals surface area contributed by atoms with Gasteiger partial charge in [-0.2, -0.15) is 5.26 Å². The molecule has 0 radical (unpaired) electrons. The van der Waals surface area contributed by atoms with E-state index in [1.807, 2.05) is 20.8 Å². The number of benzene rings is 1. The van der Waals surface area contributed by atoms with Crippen molar-refractivity contribution in [1.29, 1.82) is 5.26 Å². The molecular weight excluding hydrogens is 294 g/mol. The molecule has 7 nitrogen and oxygen atoms in total. The predicted molar refractivity (Wildman–Crippen MR) is 84.9 cm³/mol. The van der Waals surface area contributed by atoms with Crippen LogP contribution < -0.4 is 10.6 Å². The summed E-state index contributed by atoms with van der Waals surface area (Å²) in [5.41, 5.74) is 1.93. The molecule has 0 aliphatic rings. The van der Waals surface area contributed by atoms with E-state index in [2.05, 4.69) is 26.9 Å². The fourth-order valence-electron chi connectivity index (χ4n) is 1.90. The van der Waals surface area contributed by atoms with Crippen LogP contribution in [0.5, 0.6) is 0 Å². The first-order valence-corrected chi connectivity index (χ1v) is 7.32. The zero-order valence-corrected chi connectivity index (χ0v) is 13.5. The van der Waals surface area contributed by atoms with Crippen molar-refractivity contribution in [2.75, 3.05) is 5.32 Å². The van der Waals surface area contributed by atoms with Crippen molar-refractivity contribution in [2.45, 2.75) is 39.7 Å². The number of aromatic nitrogens is 2. The van der Waals surface area contributed by atoms with Crippen molar-refractivity contribution in [3.8, 4) is 6.07 Å². The Morgan fingerprint density at radius 2 is 1.96 bits per heavy atom. The molecule has 23 heavy (non-hydrogen) atoms. The van der Waals surface area contributed by atoms with Crippen molar-refractivity contribution in [3.63, 3.8) is 0 Å². The number of anilines is 1. The number of urea groups is 1. The Balaban J connectivity index is 2.00. The minimum absolute atomic E-state index is 0.134. The molecule has 2 aromatic rings. The van der Waals surface area contributed by atoms with Gasteiger partial charge in [-0.25, -0.2) is 4.79 Å². The van der Waals surface area contributed by atoms with Crippen LogP contribution in [0.1, 0.15) is 55.6 Å². The lowest BCUT2D eigenvalue weighted by molar-refractivity contribution is 0.246. The number of aryl methyl sites for hydroxylation is 1. The predicted octanol–water partition coefficient (Wildman–Crippen LogP) is 3.26. The fourth-order valence-corrected chi connectivity index (χ4v) is 1.90. The van der Waals surface area contributed by atoms with Gasteiger partial charge in [0.15, 0.2) is 0 Å². The lowest BCUT2D eigenvalue weighted by atomic mass is 10.1. The topological polar surface area (TPSA) is 104 Å². The second-order valence-corrected chi connectivity index (χ2v) is 5.59. The maximum Gasteiger partial charge on any atom is 0.319 e. The number of carbonyl (C=O) groups is 1. The minimum atomic E-state index is -0.420. The quantitative estimate of drug-likeness (QED) is 0.901. The maximum absolute atomic E-state index is 12.0. The van der Waals surface area contributed by atoms with Crippen LogP contribution >= 0.6 is 0 Å². The summed E-state index contributed by atoms with van der Waals surface area (Å²) in [4.78, 5) is 12.0. The lowest BCUT2D eigenvalue weighted by Gasteiger charge is -2.12. The van der Waals surface area contributed by atoms with Gasteiger partial charge in [0.05, 0.1) is 11.6 Å². The number of nitriles is 1. The van der Waals surface area contributed by atoms with Gasteiger partial charge in [-0.15, -0.1) is 10.2 Å². The van der Waals surface area contributed by atoms with Crippen LogP contribution in [0.15, 0.2) is 22.6 Å². The second kappa shape index (κ2) is 6.92. The Labute approximate surface area is 134 Å². The highest BCUT2D eigenvalue weighted by molar-refractivity contribution is 5.89. The van der Waals surface area contributed by atoms with Gasteiger partial charge in [-0.1, -0.05) is 19.9 Å². The molecule has 1 aromatic heterocycles. The fraction of sp³-hybridized carbons (Fsp3) is 0.375. The first-order chi connectivity index (χ1) is 10.9. The van der Waals surface area contributed by atoms with E-state index in [1.165, 1.54) is 0 Å². The molecule has 1 heterocycles. The number of carbonyl (C=O) groups excluding carboxylic acids is 1. The van der Waals surface area contributed by atoms with Crippen LogP contribution in [-0.2, 0) is 0 Å². The third kappa shape index (κ3) is 4.07. The number of nitrogens with one attached hydrogen (secondary N) is 2. The van der Waals surface area contributed by atoms with Crippen LogP contribution in [-0.4, -0.2) is 16.2 Å². The SMILES string of the molecule is Cc1ccc(NC(=O)N[C@H](C)c2nnc(C(C)C)o2)cc1C#N. The maximum atomic E-state index is 12.0. The molecule has 0 saturated heterocycles. The summed E-state index contributed by atoms with van der Waals surface area (Å²) in [7, 11) is 0. The molecule has 0 unspecified atom stereocenters. The third-order valence-electron chi connectivity index (χ3n) is 3.28. The minimum Gasteiger partial charge on any atom is -0.423 e. The number of nitrogens with zero attached hydrogens (tertiary/aromatic N) is 3. The molecule has 0 spiro atoms. The van der Waals surface area contributed by atoms with Crippen molar-refractivity contribution in [2.24, 2.45) is 0 Å². The highest BCUT2D eigenvalue weighted by atomic mass is 16.4. The lowest BCUT2D eigenvalue weighted by Crippen LogP contribution is -2.31. The zero-order chi connectivity index (χ0) is 17.0. The number of rotatable bonds is 4. The summed E-state index contributed by atoms with van der Waals surface area (Å²) in [5.74, 6) is 1.02. The molecule has 2 rings (SSSR count). The summed E-state index contributed by atoms with van der Waals surface area (Å²) in [6.07, 6.45) is 0. The first kappa shape index (κ1) is 16.5. The number of hydrogen-bond donors (Lipinski definition) is 2. The van der Waals surface area contributed by atoms with E-state index in [0.717, 1.165) is 5.56 Å². The van der Waals surface area contributed by atoms with E-state index in [-0.39, 0.29) is 5.92 Å². The Kier molecular flexibility index (Phi) is 4.96. The highest BCUT2D eigenvalue weighted by Gasteiger charge is 2.17. The molecule has 0 fully saturated rings. The third-order valence-corrected chi connectivity index (χ3v) is 3.28. The molecule has 2 amide bonds. The van der Waals surface area contributed by atoms with E-state index in [4.69, 9.17) is 9.68 Å². The van der Waals surface area contributed by atoms with E-state index in [1.54, 1.807) is 25.1 Å². The monoisotopic (exact) mass is 313 g/mol. The average Bonchev–Trinajstić information content (AvgIpc) is 2.99. The van der Waals surface area contributed by atoms with E-state index >= 15 is 0 Å². The van der Waals surface area contributed by atoms with E-state index < -0.39 is 12.1 Å². The van der Waals surface area contributed by atoms with E-state index in [9.17, 15) is 4.79 Å². The van der Waals surface area contributed by atoms with Gasteiger partial charge in [-0.3, -0.25) is 0 Å². The summed E-state index contributed by atoms with van der Waals surface area (Å²) in [6.45, 7) is 7.50. The first-order valence-electron chi connectivity index (χ1n) is 7.32. The zero-order valence-electron chi connectivity index (χ0n) is 13.5. The van der Waals surface area contributed by atoms with Gasteiger partial charge in [0.2, 0.25) is 11.8 Å². The summed E-state index contributed by atoms with van der Waals surface area (Å²) >= 11 is 0. The Morgan fingerprint density at radius 1 is 1.26 bits per heavy atom. The van der Waals surface area contributed by atoms with Gasteiger partial charge in [-0.05, 0) is 31.5 Å². The molecule has 0 aliphatic heterocycles. The molecular formula is C16H19N5O2.